The zero-order valence-corrected chi connectivity index (χ0v) is 13.4. The van der Waals surface area contributed by atoms with Crippen molar-refractivity contribution < 1.29 is 32.5 Å². The first-order chi connectivity index (χ1) is 12.2. The lowest BCUT2D eigenvalue weighted by atomic mass is 10.1. The number of methoxy groups -OCH3 is 1. The van der Waals surface area contributed by atoms with Crippen molar-refractivity contribution in [1.29, 1.82) is 0 Å². The monoisotopic (exact) mass is 366 g/mol. The Labute approximate surface area is 145 Å². The minimum Gasteiger partial charge on any atom is -0.496 e. The predicted octanol–water partition coefficient (Wildman–Crippen LogP) is 3.76. The largest absolute Gasteiger partial charge is 0.573 e. The fourth-order valence-electron chi connectivity index (χ4n) is 2.51. The summed E-state index contributed by atoms with van der Waals surface area (Å²) in [7, 11) is 1.37. The summed E-state index contributed by atoms with van der Waals surface area (Å²) in [5.74, 6) is -0.701. The van der Waals surface area contributed by atoms with E-state index in [1.165, 1.54) is 43.5 Å². The molecule has 1 heterocycles. The van der Waals surface area contributed by atoms with Crippen molar-refractivity contribution in [2.75, 3.05) is 7.11 Å². The molecule has 9 heteroatoms. The molecule has 0 fully saturated rings. The molecule has 26 heavy (non-hydrogen) atoms. The van der Waals surface area contributed by atoms with Gasteiger partial charge in [-0.25, -0.2) is 9.78 Å². The van der Waals surface area contributed by atoms with Gasteiger partial charge >= 0.3 is 12.3 Å². The molecule has 0 atom stereocenters. The van der Waals surface area contributed by atoms with Crippen LogP contribution in [0.1, 0.15) is 21.7 Å². The number of halogens is 3. The van der Waals surface area contributed by atoms with E-state index in [1.807, 2.05) is 0 Å². The second-order valence-corrected chi connectivity index (χ2v) is 5.43. The van der Waals surface area contributed by atoms with Crippen LogP contribution in [0.15, 0.2) is 36.4 Å². The van der Waals surface area contributed by atoms with Crippen LogP contribution in [0.5, 0.6) is 11.5 Å². The van der Waals surface area contributed by atoms with E-state index >= 15 is 0 Å². The first kappa shape index (κ1) is 17.6. The van der Waals surface area contributed by atoms with E-state index in [0.29, 0.717) is 28.8 Å². The van der Waals surface area contributed by atoms with Crippen molar-refractivity contribution >= 4 is 17.0 Å². The maximum absolute atomic E-state index is 12.2. The Morgan fingerprint density at radius 3 is 2.50 bits per heavy atom. The highest BCUT2D eigenvalue weighted by molar-refractivity contribution is 5.95. The number of aromatic carboxylic acids is 1. The summed E-state index contributed by atoms with van der Waals surface area (Å²) in [6, 6.07) is 8.37. The van der Waals surface area contributed by atoms with E-state index in [9.17, 15) is 23.1 Å². The Morgan fingerprint density at radius 1 is 1.23 bits per heavy atom. The normalized spacial score (nSPS) is 11.5. The molecule has 3 aromatic rings. The van der Waals surface area contributed by atoms with E-state index in [2.05, 4.69) is 14.7 Å². The summed E-state index contributed by atoms with van der Waals surface area (Å²) in [5, 5.41) is 9.20. The number of fused-ring (bicyclic) bond motifs is 1. The Kier molecular flexibility index (Phi) is 4.45. The molecule has 0 bridgehead atoms. The van der Waals surface area contributed by atoms with Crippen LogP contribution in [-0.4, -0.2) is 34.5 Å². The van der Waals surface area contributed by atoms with E-state index in [0.717, 1.165) is 0 Å². The summed E-state index contributed by atoms with van der Waals surface area (Å²) in [6.07, 6.45) is -4.41. The van der Waals surface area contributed by atoms with Gasteiger partial charge in [-0.15, -0.1) is 13.2 Å². The van der Waals surface area contributed by atoms with E-state index in [1.54, 1.807) is 0 Å². The molecule has 0 saturated heterocycles. The minimum absolute atomic E-state index is 0.00357. The van der Waals surface area contributed by atoms with Gasteiger partial charge in [0.05, 0.1) is 18.1 Å². The molecule has 136 valence electrons. The summed E-state index contributed by atoms with van der Waals surface area (Å²) in [6.45, 7) is 0. The number of hydrogen-bond donors (Lipinski definition) is 2. The number of carboxylic acids is 1. The molecule has 0 radical (unpaired) electrons. The number of carboxylic acid groups (broad SMARTS) is 1. The average Bonchev–Trinajstić information content (AvgIpc) is 2.95. The number of rotatable bonds is 5. The zero-order chi connectivity index (χ0) is 18.9. The number of carbonyl (C=O) groups is 1. The molecule has 6 nitrogen and oxygen atoms in total. The molecule has 0 aliphatic heterocycles. The molecular weight excluding hydrogens is 353 g/mol. The van der Waals surface area contributed by atoms with Gasteiger partial charge in [-0.1, -0.05) is 12.1 Å². The highest BCUT2D eigenvalue weighted by Crippen LogP contribution is 2.26. The maximum atomic E-state index is 12.2. The lowest BCUT2D eigenvalue weighted by Gasteiger charge is -2.08. The molecule has 2 aromatic carbocycles. The van der Waals surface area contributed by atoms with Gasteiger partial charge in [-0.05, 0) is 23.8 Å². The van der Waals surface area contributed by atoms with Crippen LogP contribution in [0.3, 0.4) is 0 Å². The molecule has 0 spiro atoms. The molecule has 0 aliphatic rings. The molecule has 0 amide bonds. The third-order valence-corrected chi connectivity index (χ3v) is 3.61. The third-order valence-electron chi connectivity index (χ3n) is 3.61. The van der Waals surface area contributed by atoms with Gasteiger partial charge < -0.3 is 19.6 Å². The molecule has 3 rings (SSSR count). The van der Waals surface area contributed by atoms with Crippen LogP contribution in [0, 0.1) is 0 Å². The molecule has 0 aliphatic carbocycles. The van der Waals surface area contributed by atoms with Crippen molar-refractivity contribution in [2.45, 2.75) is 12.8 Å². The fraction of sp³-hybridized carbons (Fsp3) is 0.176. The van der Waals surface area contributed by atoms with Crippen LogP contribution >= 0.6 is 0 Å². The number of imidazole rings is 1. The van der Waals surface area contributed by atoms with Crippen molar-refractivity contribution in [1.82, 2.24) is 9.97 Å². The van der Waals surface area contributed by atoms with Crippen LogP contribution in [0.25, 0.3) is 11.0 Å². The molecule has 1 aromatic heterocycles. The van der Waals surface area contributed by atoms with Crippen LogP contribution in [0.2, 0.25) is 0 Å². The molecular formula is C17H13F3N2O4. The quantitative estimate of drug-likeness (QED) is 0.718. The number of alkyl halides is 3. The number of benzene rings is 2. The second kappa shape index (κ2) is 6.58. The summed E-state index contributed by atoms with van der Waals surface area (Å²) >= 11 is 0. The van der Waals surface area contributed by atoms with Gasteiger partial charge in [-0.2, -0.15) is 0 Å². The number of nitrogens with zero attached hydrogens (tertiary/aromatic N) is 1. The molecule has 0 unspecified atom stereocenters. The van der Waals surface area contributed by atoms with Gasteiger partial charge in [0.15, 0.2) is 0 Å². The van der Waals surface area contributed by atoms with Crippen LogP contribution in [0.4, 0.5) is 13.2 Å². The topological polar surface area (TPSA) is 84.4 Å². The highest BCUT2D eigenvalue weighted by atomic mass is 19.4. The number of H-pyrrole nitrogens is 1. The Balaban J connectivity index is 1.84. The second-order valence-electron chi connectivity index (χ2n) is 5.43. The Morgan fingerprint density at radius 2 is 1.92 bits per heavy atom. The van der Waals surface area contributed by atoms with E-state index in [-0.39, 0.29) is 17.1 Å². The van der Waals surface area contributed by atoms with Crippen molar-refractivity contribution in [2.24, 2.45) is 0 Å². The number of ether oxygens (including phenoxy) is 2. The average molecular weight is 366 g/mol. The predicted molar refractivity (Wildman–Crippen MR) is 85.5 cm³/mol. The van der Waals surface area contributed by atoms with Gasteiger partial charge in [0.2, 0.25) is 0 Å². The summed E-state index contributed by atoms with van der Waals surface area (Å²) in [5.41, 5.74) is 1.77. The maximum Gasteiger partial charge on any atom is 0.573 e. The SMILES string of the molecule is COc1cc2nc(Cc3ccc(OC(F)(F)F)cc3)[nH]c2cc1C(=O)O. The summed E-state index contributed by atoms with van der Waals surface area (Å²) in [4.78, 5) is 18.6. The highest BCUT2D eigenvalue weighted by Gasteiger charge is 2.30. The first-order valence-electron chi connectivity index (χ1n) is 7.40. The first-order valence-corrected chi connectivity index (χ1v) is 7.40. The zero-order valence-electron chi connectivity index (χ0n) is 13.4. The van der Waals surface area contributed by atoms with E-state index in [4.69, 9.17) is 4.74 Å². The van der Waals surface area contributed by atoms with Gasteiger partial charge in [0, 0.05) is 12.5 Å². The van der Waals surface area contributed by atoms with Crippen LogP contribution < -0.4 is 9.47 Å². The Bertz CT molecular complexity index is 949. The Hall–Kier alpha value is -3.23. The van der Waals surface area contributed by atoms with Crippen molar-refractivity contribution in [3.63, 3.8) is 0 Å². The van der Waals surface area contributed by atoms with Gasteiger partial charge in [-0.3, -0.25) is 0 Å². The van der Waals surface area contributed by atoms with Crippen molar-refractivity contribution in [3.05, 3.63) is 53.3 Å². The van der Waals surface area contributed by atoms with Crippen LogP contribution in [-0.2, 0) is 6.42 Å². The third kappa shape index (κ3) is 3.88. The lowest BCUT2D eigenvalue weighted by Crippen LogP contribution is -2.17. The van der Waals surface area contributed by atoms with Crippen molar-refractivity contribution in [3.8, 4) is 11.5 Å². The lowest BCUT2D eigenvalue weighted by molar-refractivity contribution is -0.274. The molecule has 2 N–H and O–H groups in total. The van der Waals surface area contributed by atoms with E-state index < -0.39 is 12.3 Å². The van der Waals surface area contributed by atoms with Gasteiger partial charge in [0.25, 0.3) is 0 Å². The molecule has 0 saturated carbocycles. The summed E-state index contributed by atoms with van der Waals surface area (Å²) < 4.78 is 45.4. The number of aromatic nitrogens is 2. The fourth-order valence-corrected chi connectivity index (χ4v) is 2.51. The minimum atomic E-state index is -4.73. The number of nitrogens with one attached hydrogen (secondary N) is 1. The smallest absolute Gasteiger partial charge is 0.496 e. The number of hydrogen-bond acceptors (Lipinski definition) is 4. The standard InChI is InChI=1S/C17H13F3N2O4/c1-25-14-8-13-12(7-11(14)16(23)24)21-15(22-13)6-9-2-4-10(5-3-9)26-17(18,19)20/h2-5,7-8H,6H2,1H3,(H,21,22)(H,23,24). The number of aromatic amines is 1. The van der Waals surface area contributed by atoms with Gasteiger partial charge in [0.1, 0.15) is 22.9 Å².